The summed E-state index contributed by atoms with van der Waals surface area (Å²) in [6, 6.07) is 13.0. The molecule has 0 saturated heterocycles. The van der Waals surface area contributed by atoms with Gasteiger partial charge in [0.1, 0.15) is 6.54 Å². The molecule has 2 heterocycles. The molecule has 0 radical (unpaired) electrons. The van der Waals surface area contributed by atoms with Gasteiger partial charge in [-0.15, -0.1) is 0 Å². The summed E-state index contributed by atoms with van der Waals surface area (Å²) in [5, 5.41) is 14.5. The molecule has 9 nitrogen and oxygen atoms in total. The molecule has 2 aromatic carbocycles. The molecule has 0 aliphatic carbocycles. The smallest absolute Gasteiger partial charge is 0.407 e. The SMILES string of the molecule is Cc1ccc2cccc(NC(=O)Cn3c(=O)oc4cc([N+](=O)[O-])ccc43)c2n1. The standard InChI is InChI=1S/C19H14N4O5/c1-11-5-6-12-3-2-4-14(18(12)20-11)21-17(24)10-22-15-8-7-13(23(26)27)9-16(15)28-19(22)25/h2-9H,10H2,1H3,(H,21,24). The Morgan fingerprint density at radius 1 is 1.25 bits per heavy atom. The Labute approximate surface area is 157 Å². The average Bonchev–Trinajstić information content (AvgIpc) is 2.96. The van der Waals surface area contributed by atoms with E-state index in [1.807, 2.05) is 25.1 Å². The Kier molecular flexibility index (Phi) is 4.11. The number of hydrogen-bond acceptors (Lipinski definition) is 6. The van der Waals surface area contributed by atoms with Crippen LogP contribution in [0.3, 0.4) is 0 Å². The lowest BCUT2D eigenvalue weighted by atomic mass is 10.1. The number of aromatic nitrogens is 2. The molecule has 0 aliphatic heterocycles. The summed E-state index contributed by atoms with van der Waals surface area (Å²) in [6.07, 6.45) is 0. The van der Waals surface area contributed by atoms with Crippen molar-refractivity contribution in [2.75, 3.05) is 5.32 Å². The first-order chi connectivity index (χ1) is 13.4. The van der Waals surface area contributed by atoms with Crippen molar-refractivity contribution in [3.8, 4) is 0 Å². The van der Waals surface area contributed by atoms with Crippen LogP contribution in [0, 0.1) is 17.0 Å². The van der Waals surface area contributed by atoms with E-state index in [1.165, 1.54) is 12.1 Å². The van der Waals surface area contributed by atoms with Crippen molar-refractivity contribution in [2.24, 2.45) is 0 Å². The third-order valence-corrected chi connectivity index (χ3v) is 4.30. The number of para-hydroxylation sites is 1. The average molecular weight is 378 g/mol. The van der Waals surface area contributed by atoms with Crippen LogP contribution in [-0.2, 0) is 11.3 Å². The van der Waals surface area contributed by atoms with Crippen LogP contribution in [0.25, 0.3) is 22.0 Å². The maximum atomic E-state index is 12.5. The van der Waals surface area contributed by atoms with Crippen molar-refractivity contribution >= 4 is 39.3 Å². The molecule has 0 spiro atoms. The zero-order chi connectivity index (χ0) is 19.8. The van der Waals surface area contributed by atoms with Gasteiger partial charge in [0.05, 0.1) is 27.7 Å². The van der Waals surface area contributed by atoms with Gasteiger partial charge in [0.2, 0.25) is 5.91 Å². The van der Waals surface area contributed by atoms with Gasteiger partial charge in [0, 0.05) is 17.1 Å². The number of rotatable bonds is 4. The highest BCUT2D eigenvalue weighted by Gasteiger charge is 2.16. The van der Waals surface area contributed by atoms with Crippen LogP contribution >= 0.6 is 0 Å². The lowest BCUT2D eigenvalue weighted by molar-refractivity contribution is -0.384. The topological polar surface area (TPSA) is 120 Å². The first-order valence-electron chi connectivity index (χ1n) is 8.36. The predicted molar refractivity (Wildman–Crippen MR) is 102 cm³/mol. The minimum Gasteiger partial charge on any atom is -0.407 e. The molecule has 9 heteroatoms. The summed E-state index contributed by atoms with van der Waals surface area (Å²) in [4.78, 5) is 39.4. The number of aryl methyl sites for hydroxylation is 1. The maximum Gasteiger partial charge on any atom is 0.420 e. The minimum atomic E-state index is -0.766. The molecule has 4 aromatic rings. The zero-order valence-electron chi connectivity index (χ0n) is 14.7. The fourth-order valence-corrected chi connectivity index (χ4v) is 3.00. The highest BCUT2D eigenvalue weighted by Crippen LogP contribution is 2.23. The Morgan fingerprint density at radius 3 is 2.86 bits per heavy atom. The van der Waals surface area contributed by atoms with Crippen molar-refractivity contribution in [3.63, 3.8) is 0 Å². The summed E-state index contributed by atoms with van der Waals surface area (Å²) in [5.41, 5.74) is 2.15. The van der Waals surface area contributed by atoms with Crippen molar-refractivity contribution in [1.29, 1.82) is 0 Å². The molecule has 0 atom stereocenters. The normalized spacial score (nSPS) is 11.0. The molecule has 1 amide bonds. The number of nitrogens with one attached hydrogen (secondary N) is 1. The summed E-state index contributed by atoms with van der Waals surface area (Å²) < 4.78 is 6.16. The Bertz CT molecular complexity index is 1300. The van der Waals surface area contributed by atoms with E-state index in [-0.39, 0.29) is 17.8 Å². The van der Waals surface area contributed by atoms with Gasteiger partial charge >= 0.3 is 5.76 Å². The van der Waals surface area contributed by atoms with Gasteiger partial charge in [-0.05, 0) is 25.1 Å². The number of nitro groups is 1. The number of nitrogens with zero attached hydrogens (tertiary/aromatic N) is 3. The van der Waals surface area contributed by atoms with E-state index in [2.05, 4.69) is 10.3 Å². The lowest BCUT2D eigenvalue weighted by Gasteiger charge is -2.09. The number of anilines is 1. The Hall–Kier alpha value is -4.01. The van der Waals surface area contributed by atoms with Crippen LogP contribution in [0.15, 0.2) is 57.7 Å². The molecule has 2 aromatic heterocycles. The summed E-state index contributed by atoms with van der Waals surface area (Å²) in [7, 11) is 0. The van der Waals surface area contributed by atoms with Crippen LogP contribution in [0.5, 0.6) is 0 Å². The van der Waals surface area contributed by atoms with Gasteiger partial charge in [-0.2, -0.15) is 0 Å². The van der Waals surface area contributed by atoms with Crippen molar-refractivity contribution in [1.82, 2.24) is 9.55 Å². The van der Waals surface area contributed by atoms with E-state index in [9.17, 15) is 19.7 Å². The van der Waals surface area contributed by atoms with Gasteiger partial charge in [-0.1, -0.05) is 18.2 Å². The number of fused-ring (bicyclic) bond motifs is 2. The first-order valence-corrected chi connectivity index (χ1v) is 8.36. The number of carbonyl (C=O) groups is 1. The maximum absolute atomic E-state index is 12.5. The molecule has 4 rings (SSSR count). The van der Waals surface area contributed by atoms with Crippen LogP contribution in [0.1, 0.15) is 5.69 Å². The largest absolute Gasteiger partial charge is 0.420 e. The summed E-state index contributed by atoms with van der Waals surface area (Å²) >= 11 is 0. The van der Waals surface area contributed by atoms with E-state index in [0.29, 0.717) is 16.7 Å². The second kappa shape index (κ2) is 6.62. The zero-order valence-corrected chi connectivity index (χ0v) is 14.7. The van der Waals surface area contributed by atoms with Gasteiger partial charge < -0.3 is 9.73 Å². The fourth-order valence-electron chi connectivity index (χ4n) is 3.00. The molecular weight excluding hydrogens is 364 g/mol. The fraction of sp³-hybridized carbons (Fsp3) is 0.105. The Balaban J connectivity index is 1.64. The molecule has 0 unspecified atom stereocenters. The van der Waals surface area contributed by atoms with Crippen LogP contribution < -0.4 is 11.1 Å². The highest BCUT2D eigenvalue weighted by atomic mass is 16.6. The molecule has 1 N–H and O–H groups in total. The van der Waals surface area contributed by atoms with Crippen LogP contribution in [-0.4, -0.2) is 20.4 Å². The van der Waals surface area contributed by atoms with Gasteiger partial charge in [-0.25, -0.2) is 4.79 Å². The van der Waals surface area contributed by atoms with Crippen molar-refractivity contribution < 1.29 is 14.1 Å². The van der Waals surface area contributed by atoms with Crippen molar-refractivity contribution in [3.05, 3.63) is 74.9 Å². The van der Waals surface area contributed by atoms with E-state index in [0.717, 1.165) is 21.7 Å². The quantitative estimate of drug-likeness (QED) is 0.430. The number of non-ortho nitro benzene ring substituents is 1. The van der Waals surface area contributed by atoms with Gasteiger partial charge in [0.25, 0.3) is 5.69 Å². The van der Waals surface area contributed by atoms with Crippen LogP contribution in [0.4, 0.5) is 11.4 Å². The molecular formula is C19H14N4O5. The monoisotopic (exact) mass is 378 g/mol. The Morgan fingerprint density at radius 2 is 2.07 bits per heavy atom. The predicted octanol–water partition coefficient (Wildman–Crippen LogP) is 3.00. The number of carbonyl (C=O) groups excluding carboxylic acids is 1. The molecule has 0 saturated carbocycles. The second-order valence-electron chi connectivity index (χ2n) is 6.24. The number of oxazole rings is 1. The number of pyridine rings is 1. The third kappa shape index (κ3) is 3.09. The number of nitro benzene ring substituents is 1. The molecule has 0 bridgehead atoms. The molecule has 28 heavy (non-hydrogen) atoms. The highest BCUT2D eigenvalue weighted by molar-refractivity contribution is 6.00. The number of hydrogen-bond donors (Lipinski definition) is 1. The molecule has 0 aliphatic rings. The van der Waals surface area contributed by atoms with Gasteiger partial charge in [0.15, 0.2) is 5.58 Å². The van der Waals surface area contributed by atoms with Crippen molar-refractivity contribution in [2.45, 2.75) is 13.5 Å². The van der Waals surface area contributed by atoms with E-state index in [4.69, 9.17) is 4.42 Å². The lowest BCUT2D eigenvalue weighted by Crippen LogP contribution is -2.24. The van der Waals surface area contributed by atoms with E-state index >= 15 is 0 Å². The summed E-state index contributed by atoms with van der Waals surface area (Å²) in [6.45, 7) is 1.56. The van der Waals surface area contributed by atoms with Gasteiger partial charge in [-0.3, -0.25) is 24.5 Å². The minimum absolute atomic E-state index is 0.0504. The second-order valence-corrected chi connectivity index (χ2v) is 6.24. The van der Waals surface area contributed by atoms with Crippen LogP contribution in [0.2, 0.25) is 0 Å². The van der Waals surface area contributed by atoms with E-state index < -0.39 is 16.6 Å². The summed E-state index contributed by atoms with van der Waals surface area (Å²) in [5.74, 6) is -1.21. The first kappa shape index (κ1) is 17.4. The van der Waals surface area contributed by atoms with E-state index in [1.54, 1.807) is 12.1 Å². The third-order valence-electron chi connectivity index (χ3n) is 4.30. The number of benzene rings is 2. The molecule has 140 valence electrons. The molecule has 0 fully saturated rings. The number of amides is 1.